The first kappa shape index (κ1) is 19.1. The number of nitrogens with zero attached hydrogens (tertiary/aromatic N) is 1. The third-order valence-corrected chi connectivity index (χ3v) is 7.22. The second kappa shape index (κ2) is 7.64. The van der Waals surface area contributed by atoms with Crippen molar-refractivity contribution in [2.75, 3.05) is 26.4 Å². The molecule has 2 aliphatic rings. The Morgan fingerprint density at radius 1 is 1.11 bits per heavy atom. The molecule has 0 bridgehead atoms. The highest BCUT2D eigenvalue weighted by Gasteiger charge is 2.35. The normalized spacial score (nSPS) is 19.6. The molecule has 1 atom stereocenters. The predicted molar refractivity (Wildman–Crippen MR) is 106 cm³/mol. The molecule has 6 nitrogen and oxygen atoms in total. The van der Waals surface area contributed by atoms with E-state index in [9.17, 15) is 8.42 Å². The van der Waals surface area contributed by atoms with Gasteiger partial charge in [0, 0.05) is 19.0 Å². The van der Waals surface area contributed by atoms with E-state index in [-0.39, 0.29) is 10.9 Å². The van der Waals surface area contributed by atoms with Crippen LogP contribution < -0.4 is 14.2 Å². The molecule has 0 saturated carbocycles. The minimum atomic E-state index is -3.61. The number of hydrogen-bond donors (Lipinski definition) is 0. The maximum absolute atomic E-state index is 13.2. The van der Waals surface area contributed by atoms with E-state index in [0.717, 1.165) is 23.3 Å². The summed E-state index contributed by atoms with van der Waals surface area (Å²) in [5, 5.41) is 0. The van der Waals surface area contributed by atoms with Crippen LogP contribution in [-0.2, 0) is 16.4 Å². The zero-order chi connectivity index (χ0) is 19.7. The van der Waals surface area contributed by atoms with Crippen LogP contribution in [0, 0.1) is 0 Å². The molecule has 0 spiro atoms. The Balaban J connectivity index is 1.64. The number of sulfonamides is 1. The van der Waals surface area contributed by atoms with Crippen LogP contribution in [0.5, 0.6) is 17.2 Å². The minimum absolute atomic E-state index is 0.278. The van der Waals surface area contributed by atoms with E-state index in [1.54, 1.807) is 28.6 Å². The summed E-state index contributed by atoms with van der Waals surface area (Å²) in [6.07, 6.45) is 1.49. The zero-order valence-electron chi connectivity index (χ0n) is 16.2. The summed E-state index contributed by atoms with van der Waals surface area (Å²) in [5.41, 5.74) is 2.10. The van der Waals surface area contributed by atoms with E-state index in [0.29, 0.717) is 44.3 Å². The lowest BCUT2D eigenvalue weighted by Crippen LogP contribution is -2.38. The van der Waals surface area contributed by atoms with Gasteiger partial charge in [-0.2, -0.15) is 4.31 Å². The van der Waals surface area contributed by atoms with Crippen LogP contribution in [0.25, 0.3) is 0 Å². The second-order valence-electron chi connectivity index (χ2n) is 6.99. The Hall–Kier alpha value is -2.25. The van der Waals surface area contributed by atoms with Crippen molar-refractivity contribution in [3.8, 4) is 17.2 Å². The molecule has 0 N–H and O–H groups in total. The molecule has 0 aliphatic carbocycles. The SMILES string of the molecule is CCOc1ccc(S(=O)(=O)N2CCc3cc4c(cc3[C@@H]2C)OCCCO4)cc1. The summed E-state index contributed by atoms with van der Waals surface area (Å²) in [7, 11) is -3.61. The van der Waals surface area contributed by atoms with Crippen LogP contribution >= 0.6 is 0 Å². The molecule has 150 valence electrons. The van der Waals surface area contributed by atoms with E-state index >= 15 is 0 Å². The van der Waals surface area contributed by atoms with Crippen molar-refractivity contribution in [3.63, 3.8) is 0 Å². The van der Waals surface area contributed by atoms with Gasteiger partial charge in [-0.05, 0) is 67.8 Å². The maximum Gasteiger partial charge on any atom is 0.243 e. The Morgan fingerprint density at radius 3 is 2.46 bits per heavy atom. The number of fused-ring (bicyclic) bond motifs is 2. The van der Waals surface area contributed by atoms with Crippen molar-refractivity contribution in [1.29, 1.82) is 0 Å². The van der Waals surface area contributed by atoms with Crippen molar-refractivity contribution in [1.82, 2.24) is 4.31 Å². The fourth-order valence-electron chi connectivity index (χ4n) is 3.79. The van der Waals surface area contributed by atoms with E-state index < -0.39 is 10.0 Å². The Bertz CT molecular complexity index is 956. The maximum atomic E-state index is 13.2. The third-order valence-electron chi connectivity index (χ3n) is 5.23. The standard InChI is InChI=1S/C21H25NO5S/c1-3-25-17-5-7-18(8-6-17)28(23,24)22-10-9-16-13-20-21(14-19(16)15(22)2)27-12-4-11-26-20/h5-8,13-15H,3-4,9-12H2,1-2H3/t15-/m0/s1. The number of hydrogen-bond acceptors (Lipinski definition) is 5. The molecule has 0 amide bonds. The van der Waals surface area contributed by atoms with Crippen LogP contribution in [0.1, 0.15) is 37.4 Å². The number of ether oxygens (including phenoxy) is 3. The average molecular weight is 404 g/mol. The fraction of sp³-hybridized carbons (Fsp3) is 0.429. The molecule has 2 aliphatic heterocycles. The molecule has 28 heavy (non-hydrogen) atoms. The molecule has 0 unspecified atom stereocenters. The first-order valence-corrected chi connectivity index (χ1v) is 11.1. The Labute approximate surface area is 166 Å². The first-order valence-electron chi connectivity index (χ1n) is 9.68. The van der Waals surface area contributed by atoms with Gasteiger partial charge in [-0.15, -0.1) is 0 Å². The van der Waals surface area contributed by atoms with Crippen LogP contribution in [0.3, 0.4) is 0 Å². The summed E-state index contributed by atoms with van der Waals surface area (Å²) < 4.78 is 45.1. The smallest absolute Gasteiger partial charge is 0.243 e. The molecular weight excluding hydrogens is 378 g/mol. The monoisotopic (exact) mass is 403 g/mol. The molecule has 0 aromatic heterocycles. The van der Waals surface area contributed by atoms with Gasteiger partial charge in [0.05, 0.1) is 24.7 Å². The predicted octanol–water partition coefficient (Wildman–Crippen LogP) is 3.55. The van der Waals surface area contributed by atoms with E-state index in [2.05, 4.69) is 0 Å². The van der Waals surface area contributed by atoms with Crippen LogP contribution in [0.2, 0.25) is 0 Å². The van der Waals surface area contributed by atoms with Gasteiger partial charge in [0.25, 0.3) is 0 Å². The molecule has 2 aromatic rings. The van der Waals surface area contributed by atoms with Crippen molar-refractivity contribution in [3.05, 3.63) is 47.5 Å². The lowest BCUT2D eigenvalue weighted by molar-refractivity contribution is 0.296. The van der Waals surface area contributed by atoms with E-state index in [4.69, 9.17) is 14.2 Å². The lowest BCUT2D eigenvalue weighted by atomic mass is 9.94. The molecule has 0 saturated heterocycles. The van der Waals surface area contributed by atoms with Gasteiger partial charge in [0.15, 0.2) is 11.5 Å². The van der Waals surface area contributed by atoms with E-state index in [1.165, 1.54) is 0 Å². The summed E-state index contributed by atoms with van der Waals surface area (Å²) in [5.74, 6) is 2.12. The highest BCUT2D eigenvalue weighted by atomic mass is 32.2. The highest BCUT2D eigenvalue weighted by molar-refractivity contribution is 7.89. The summed E-state index contributed by atoms with van der Waals surface area (Å²) in [4.78, 5) is 0.278. The topological polar surface area (TPSA) is 65.1 Å². The van der Waals surface area contributed by atoms with Crippen molar-refractivity contribution < 1.29 is 22.6 Å². The molecule has 0 fully saturated rings. The highest BCUT2D eigenvalue weighted by Crippen LogP contribution is 2.40. The molecule has 0 radical (unpaired) electrons. The van der Waals surface area contributed by atoms with Crippen LogP contribution in [0.4, 0.5) is 0 Å². The van der Waals surface area contributed by atoms with Gasteiger partial charge in [-0.1, -0.05) is 0 Å². The number of rotatable bonds is 4. The van der Waals surface area contributed by atoms with Crippen LogP contribution in [0.15, 0.2) is 41.3 Å². The van der Waals surface area contributed by atoms with Gasteiger partial charge in [-0.3, -0.25) is 0 Å². The van der Waals surface area contributed by atoms with Gasteiger partial charge >= 0.3 is 0 Å². The first-order chi connectivity index (χ1) is 13.5. The van der Waals surface area contributed by atoms with Gasteiger partial charge in [0.1, 0.15) is 5.75 Å². The third kappa shape index (κ3) is 3.44. The molecule has 4 rings (SSSR count). The lowest BCUT2D eigenvalue weighted by Gasteiger charge is -2.34. The minimum Gasteiger partial charge on any atom is -0.494 e. The quantitative estimate of drug-likeness (QED) is 0.781. The van der Waals surface area contributed by atoms with Gasteiger partial charge < -0.3 is 14.2 Å². The average Bonchev–Trinajstić information content (AvgIpc) is 2.92. The Morgan fingerprint density at radius 2 is 1.79 bits per heavy atom. The molecule has 2 heterocycles. The molecule has 7 heteroatoms. The number of benzene rings is 2. The van der Waals surface area contributed by atoms with E-state index in [1.807, 2.05) is 26.0 Å². The summed E-state index contributed by atoms with van der Waals surface area (Å²) in [6.45, 7) is 6.04. The van der Waals surface area contributed by atoms with Crippen molar-refractivity contribution >= 4 is 10.0 Å². The molecular formula is C21H25NO5S. The van der Waals surface area contributed by atoms with Gasteiger partial charge in [0.2, 0.25) is 10.0 Å². The largest absolute Gasteiger partial charge is 0.494 e. The Kier molecular flexibility index (Phi) is 5.21. The fourth-order valence-corrected chi connectivity index (χ4v) is 5.40. The summed E-state index contributed by atoms with van der Waals surface area (Å²) >= 11 is 0. The van der Waals surface area contributed by atoms with Gasteiger partial charge in [-0.25, -0.2) is 8.42 Å². The van der Waals surface area contributed by atoms with Crippen molar-refractivity contribution in [2.45, 2.75) is 37.6 Å². The second-order valence-corrected chi connectivity index (χ2v) is 8.88. The zero-order valence-corrected chi connectivity index (χ0v) is 17.0. The van der Waals surface area contributed by atoms with Crippen LogP contribution in [-0.4, -0.2) is 39.1 Å². The summed E-state index contributed by atoms with van der Waals surface area (Å²) in [6, 6.07) is 10.3. The van der Waals surface area contributed by atoms with Crippen molar-refractivity contribution in [2.24, 2.45) is 0 Å². The molecule has 2 aromatic carbocycles.